The number of ether oxygens (including phenoxy) is 1. The zero-order valence-electron chi connectivity index (χ0n) is 15.9. The van der Waals surface area contributed by atoms with Gasteiger partial charge in [0.05, 0.1) is 18.0 Å². The van der Waals surface area contributed by atoms with Crippen molar-refractivity contribution >= 4 is 50.7 Å². The standard InChI is InChI=1S/C19H21FN4O3S.ClH/c1-27-17-14-11(6-12(20)15(17)23-5-4-9(7-21)8-23)16(25)13-18(26)22-28-19(13)24(14)10-2-3-10;/h6,9-10H,2-5,7-8,21H2,1H3,(H,22,26);1H/t9-;/m1./s1. The molecule has 1 saturated carbocycles. The van der Waals surface area contributed by atoms with E-state index in [4.69, 9.17) is 10.5 Å². The van der Waals surface area contributed by atoms with Crippen LogP contribution in [0, 0.1) is 11.7 Å². The van der Waals surface area contributed by atoms with Gasteiger partial charge in [0.15, 0.2) is 11.6 Å². The molecule has 156 valence electrons. The summed E-state index contributed by atoms with van der Waals surface area (Å²) in [7, 11) is 1.50. The minimum Gasteiger partial charge on any atom is -0.492 e. The van der Waals surface area contributed by atoms with Gasteiger partial charge in [-0.1, -0.05) is 0 Å². The van der Waals surface area contributed by atoms with Crippen molar-refractivity contribution in [1.82, 2.24) is 8.94 Å². The molecule has 1 saturated heterocycles. The lowest BCUT2D eigenvalue weighted by Gasteiger charge is -2.24. The van der Waals surface area contributed by atoms with E-state index in [2.05, 4.69) is 4.37 Å². The minimum absolute atomic E-state index is 0. The van der Waals surface area contributed by atoms with E-state index in [1.54, 1.807) is 0 Å². The Kier molecular flexibility index (Phi) is 5.08. The minimum atomic E-state index is -0.507. The van der Waals surface area contributed by atoms with Gasteiger partial charge in [0.25, 0.3) is 5.56 Å². The molecule has 1 atom stereocenters. The van der Waals surface area contributed by atoms with Crippen molar-refractivity contribution in [2.75, 3.05) is 31.6 Å². The van der Waals surface area contributed by atoms with Gasteiger partial charge in [-0.2, -0.15) is 0 Å². The number of nitrogens with one attached hydrogen (secondary N) is 1. The van der Waals surface area contributed by atoms with E-state index < -0.39 is 16.8 Å². The molecule has 29 heavy (non-hydrogen) atoms. The third-order valence-electron chi connectivity index (χ3n) is 5.85. The highest BCUT2D eigenvalue weighted by atomic mass is 35.5. The van der Waals surface area contributed by atoms with Crippen molar-refractivity contribution in [2.24, 2.45) is 11.7 Å². The van der Waals surface area contributed by atoms with Crippen molar-refractivity contribution in [3.8, 4) is 5.75 Å². The fourth-order valence-electron chi connectivity index (χ4n) is 4.32. The number of nitrogens with two attached hydrogens (primary N) is 1. The van der Waals surface area contributed by atoms with Gasteiger partial charge < -0.3 is 19.9 Å². The molecule has 0 bridgehead atoms. The molecular formula is C19H22ClFN4O3S. The summed E-state index contributed by atoms with van der Waals surface area (Å²) in [5.41, 5.74) is 5.88. The zero-order valence-corrected chi connectivity index (χ0v) is 17.5. The van der Waals surface area contributed by atoms with Gasteiger partial charge in [0.2, 0.25) is 5.43 Å². The third kappa shape index (κ3) is 2.94. The summed E-state index contributed by atoms with van der Waals surface area (Å²) in [5, 5.41) is 0.291. The number of methoxy groups -OCH3 is 1. The lowest BCUT2D eigenvalue weighted by Crippen LogP contribution is -2.25. The molecule has 1 aromatic carbocycles. The van der Waals surface area contributed by atoms with Crippen LogP contribution in [0.2, 0.25) is 0 Å². The predicted octanol–water partition coefficient (Wildman–Crippen LogP) is 2.59. The van der Waals surface area contributed by atoms with Crippen LogP contribution in [0.4, 0.5) is 10.1 Å². The second-order valence-corrected chi connectivity index (χ2v) is 8.41. The van der Waals surface area contributed by atoms with E-state index in [-0.39, 0.29) is 29.2 Å². The summed E-state index contributed by atoms with van der Waals surface area (Å²) in [6.07, 6.45) is 2.80. The highest BCUT2D eigenvalue weighted by Crippen LogP contribution is 2.46. The summed E-state index contributed by atoms with van der Waals surface area (Å²) in [6.45, 7) is 1.90. The van der Waals surface area contributed by atoms with Gasteiger partial charge in [-0.3, -0.25) is 14.0 Å². The Morgan fingerprint density at radius 2 is 2.10 bits per heavy atom. The van der Waals surface area contributed by atoms with Gasteiger partial charge in [0.1, 0.15) is 15.9 Å². The van der Waals surface area contributed by atoms with E-state index >= 15 is 4.39 Å². The van der Waals surface area contributed by atoms with E-state index in [0.717, 1.165) is 30.8 Å². The van der Waals surface area contributed by atoms with Crippen LogP contribution in [0.15, 0.2) is 15.7 Å². The molecular weight excluding hydrogens is 419 g/mol. The number of benzene rings is 1. The highest BCUT2D eigenvalue weighted by molar-refractivity contribution is 7.12. The first-order chi connectivity index (χ1) is 13.5. The quantitative estimate of drug-likeness (QED) is 0.650. The van der Waals surface area contributed by atoms with Crippen LogP contribution in [0.5, 0.6) is 5.75 Å². The summed E-state index contributed by atoms with van der Waals surface area (Å²) < 4.78 is 25.6. The molecule has 1 aliphatic carbocycles. The van der Waals surface area contributed by atoms with E-state index in [1.807, 2.05) is 9.47 Å². The van der Waals surface area contributed by atoms with Crippen molar-refractivity contribution in [2.45, 2.75) is 25.3 Å². The maximum atomic E-state index is 15.2. The Hall–Kier alpha value is -2.10. The first-order valence-corrected chi connectivity index (χ1v) is 10.3. The second-order valence-electron chi connectivity index (χ2n) is 7.62. The Labute approximate surface area is 175 Å². The number of H-pyrrole nitrogens is 1. The van der Waals surface area contributed by atoms with Crippen molar-refractivity contribution in [3.63, 3.8) is 0 Å². The molecule has 1 aliphatic heterocycles. The summed E-state index contributed by atoms with van der Waals surface area (Å²) in [6, 6.07) is 1.44. The molecule has 2 aromatic heterocycles. The third-order valence-corrected chi connectivity index (χ3v) is 6.73. The second kappa shape index (κ2) is 7.30. The number of aromatic amines is 1. The highest BCUT2D eigenvalue weighted by Gasteiger charge is 2.34. The number of aromatic nitrogens is 2. The normalized spacial score (nSPS) is 19.1. The SMILES string of the molecule is COc1c(N2CC[C@H](CN)C2)c(F)cc2c(=O)c3c(=O)[nH]sc3n(C3CC3)c12.Cl. The fourth-order valence-corrected chi connectivity index (χ4v) is 5.23. The Bertz CT molecular complexity index is 1220. The van der Waals surface area contributed by atoms with Crippen molar-refractivity contribution in [3.05, 3.63) is 32.5 Å². The van der Waals surface area contributed by atoms with Gasteiger partial charge in [0, 0.05) is 19.1 Å². The molecule has 3 aromatic rings. The number of hydrogen-bond donors (Lipinski definition) is 2. The molecule has 2 aliphatic rings. The molecule has 3 heterocycles. The monoisotopic (exact) mass is 440 g/mol. The Morgan fingerprint density at radius 1 is 1.34 bits per heavy atom. The van der Waals surface area contributed by atoms with E-state index in [0.29, 0.717) is 47.3 Å². The molecule has 2 fully saturated rings. The molecule has 0 amide bonds. The first-order valence-electron chi connectivity index (χ1n) is 9.46. The molecule has 3 N–H and O–H groups in total. The number of halogens is 2. The Morgan fingerprint density at radius 3 is 2.72 bits per heavy atom. The summed E-state index contributed by atoms with van der Waals surface area (Å²) >= 11 is 1.15. The van der Waals surface area contributed by atoms with Crippen LogP contribution in [-0.4, -0.2) is 35.7 Å². The van der Waals surface area contributed by atoms with Gasteiger partial charge in [-0.05, 0) is 49.3 Å². The summed E-state index contributed by atoms with van der Waals surface area (Å²) in [5.74, 6) is 0.162. The number of fused-ring (bicyclic) bond motifs is 2. The van der Waals surface area contributed by atoms with Crippen molar-refractivity contribution < 1.29 is 9.13 Å². The lowest BCUT2D eigenvalue weighted by molar-refractivity contribution is 0.414. The molecule has 0 radical (unpaired) electrons. The molecule has 0 unspecified atom stereocenters. The largest absolute Gasteiger partial charge is 0.492 e. The number of pyridine rings is 1. The van der Waals surface area contributed by atoms with E-state index in [1.165, 1.54) is 13.2 Å². The smallest absolute Gasteiger partial charge is 0.271 e. The van der Waals surface area contributed by atoms with Crippen LogP contribution < -0.4 is 26.4 Å². The van der Waals surface area contributed by atoms with Crippen LogP contribution in [0.3, 0.4) is 0 Å². The van der Waals surface area contributed by atoms with Crippen LogP contribution in [-0.2, 0) is 0 Å². The Balaban J connectivity index is 0.00000205. The van der Waals surface area contributed by atoms with Crippen LogP contribution in [0.1, 0.15) is 25.3 Å². The number of rotatable bonds is 4. The molecule has 5 rings (SSSR count). The maximum absolute atomic E-state index is 15.2. The topological polar surface area (TPSA) is 93.3 Å². The first kappa shape index (κ1) is 20.2. The van der Waals surface area contributed by atoms with Crippen LogP contribution >= 0.6 is 23.9 Å². The van der Waals surface area contributed by atoms with Gasteiger partial charge in [-0.15, -0.1) is 12.4 Å². The fraction of sp³-hybridized carbons (Fsp3) is 0.474. The van der Waals surface area contributed by atoms with Gasteiger partial charge >= 0.3 is 0 Å². The van der Waals surface area contributed by atoms with Gasteiger partial charge in [-0.25, -0.2) is 4.39 Å². The molecule has 10 heteroatoms. The number of anilines is 1. The molecule has 0 spiro atoms. The predicted molar refractivity (Wildman–Crippen MR) is 116 cm³/mol. The zero-order chi connectivity index (χ0) is 19.6. The van der Waals surface area contributed by atoms with Crippen LogP contribution in [0.25, 0.3) is 21.1 Å². The summed E-state index contributed by atoms with van der Waals surface area (Å²) in [4.78, 5) is 27.8. The number of hydrogen-bond acceptors (Lipinski definition) is 6. The van der Waals surface area contributed by atoms with E-state index in [9.17, 15) is 9.59 Å². The maximum Gasteiger partial charge on any atom is 0.271 e. The average Bonchev–Trinajstić information content (AvgIpc) is 3.28. The van der Waals surface area contributed by atoms with Crippen molar-refractivity contribution in [1.29, 1.82) is 0 Å². The lowest BCUT2D eigenvalue weighted by atomic mass is 10.1. The molecule has 7 nitrogen and oxygen atoms in total. The average molecular weight is 441 g/mol. The number of nitrogens with zero attached hydrogens (tertiary/aromatic N) is 2.